The van der Waals surface area contributed by atoms with Gasteiger partial charge in [-0.25, -0.2) is 0 Å². The Bertz CT molecular complexity index is 205. The van der Waals surface area contributed by atoms with Gasteiger partial charge in [0, 0.05) is 19.0 Å². The highest BCUT2D eigenvalue weighted by Gasteiger charge is 2.30. The lowest BCUT2D eigenvalue weighted by molar-refractivity contribution is -0.129. The summed E-state index contributed by atoms with van der Waals surface area (Å²) in [5, 5.41) is 8.55. The first kappa shape index (κ1) is 8.06. The Hall–Kier alpha value is -1.04. The third-order valence-corrected chi connectivity index (χ3v) is 1.96. The molecule has 1 heterocycles. The third kappa shape index (κ3) is 1.51. The van der Waals surface area contributed by atoms with E-state index in [1.807, 2.05) is 13.8 Å². The van der Waals surface area contributed by atoms with Crippen LogP contribution in [-0.4, -0.2) is 23.4 Å². The molecule has 1 fully saturated rings. The third-order valence-electron chi connectivity index (χ3n) is 1.96. The fraction of sp³-hybridized carbons (Fsp3) is 0.750. The van der Waals surface area contributed by atoms with E-state index >= 15 is 0 Å². The maximum absolute atomic E-state index is 11.2. The summed E-state index contributed by atoms with van der Waals surface area (Å²) in [6, 6.07) is 2.35. The van der Waals surface area contributed by atoms with Crippen LogP contribution in [0.25, 0.3) is 0 Å². The molecular formula is C8H12N2O. The molecule has 11 heavy (non-hydrogen) atoms. The van der Waals surface area contributed by atoms with Gasteiger partial charge in [-0.1, -0.05) is 0 Å². The Labute approximate surface area is 66.6 Å². The lowest BCUT2D eigenvalue weighted by Crippen LogP contribution is -2.31. The summed E-state index contributed by atoms with van der Waals surface area (Å²) in [5.74, 6) is 0.0384. The summed E-state index contributed by atoms with van der Waals surface area (Å²) in [7, 11) is 0. The molecule has 0 aromatic rings. The largest absolute Gasteiger partial charge is 0.339 e. The monoisotopic (exact) mass is 152 g/mol. The van der Waals surface area contributed by atoms with Gasteiger partial charge in [0.1, 0.15) is 0 Å². The van der Waals surface area contributed by atoms with E-state index < -0.39 is 0 Å². The van der Waals surface area contributed by atoms with Gasteiger partial charge in [0.25, 0.3) is 0 Å². The Kier molecular flexibility index (Phi) is 2.13. The Morgan fingerprint density at radius 3 is 2.64 bits per heavy atom. The lowest BCUT2D eigenvalue weighted by atomic mass is 10.1. The van der Waals surface area contributed by atoms with Gasteiger partial charge in [0.2, 0.25) is 5.91 Å². The second-order valence-corrected chi connectivity index (χ2v) is 3.17. The van der Waals surface area contributed by atoms with E-state index in [2.05, 4.69) is 6.07 Å². The first-order valence-electron chi connectivity index (χ1n) is 3.84. The molecule has 0 saturated carbocycles. The molecule has 3 nitrogen and oxygen atoms in total. The van der Waals surface area contributed by atoms with Crippen molar-refractivity contribution in [1.82, 2.24) is 4.90 Å². The van der Waals surface area contributed by atoms with Crippen LogP contribution in [0.1, 0.15) is 20.3 Å². The van der Waals surface area contributed by atoms with Crippen LogP contribution >= 0.6 is 0 Å². The van der Waals surface area contributed by atoms with E-state index in [0.717, 1.165) is 0 Å². The molecule has 1 aliphatic heterocycles. The minimum atomic E-state index is -0.0788. The predicted octanol–water partition coefficient (Wildman–Crippen LogP) is 0.767. The van der Waals surface area contributed by atoms with Crippen molar-refractivity contribution < 1.29 is 4.79 Å². The van der Waals surface area contributed by atoms with E-state index in [4.69, 9.17) is 5.26 Å². The summed E-state index contributed by atoms with van der Waals surface area (Å²) >= 11 is 0. The molecule has 1 amide bonds. The zero-order valence-electron chi connectivity index (χ0n) is 6.87. The topological polar surface area (TPSA) is 44.1 Å². The molecule has 0 N–H and O–H groups in total. The van der Waals surface area contributed by atoms with Crippen LogP contribution in [0, 0.1) is 17.2 Å². The second kappa shape index (κ2) is 2.91. The molecular weight excluding hydrogens is 140 g/mol. The van der Waals surface area contributed by atoms with Crippen LogP contribution in [0.2, 0.25) is 0 Å². The highest BCUT2D eigenvalue weighted by Crippen LogP contribution is 2.18. The van der Waals surface area contributed by atoms with Crippen molar-refractivity contribution in [2.24, 2.45) is 5.92 Å². The molecule has 0 bridgehead atoms. The van der Waals surface area contributed by atoms with E-state index in [9.17, 15) is 4.79 Å². The number of amides is 1. The maximum Gasteiger partial charge on any atom is 0.224 e. The van der Waals surface area contributed by atoms with Crippen LogP contribution in [0.15, 0.2) is 0 Å². The van der Waals surface area contributed by atoms with Crippen LogP contribution in [0.3, 0.4) is 0 Å². The molecule has 0 aromatic heterocycles. The Morgan fingerprint density at radius 1 is 1.73 bits per heavy atom. The minimum absolute atomic E-state index is 0.0788. The zero-order valence-corrected chi connectivity index (χ0v) is 6.87. The second-order valence-electron chi connectivity index (χ2n) is 3.17. The van der Waals surface area contributed by atoms with Crippen molar-refractivity contribution in [2.45, 2.75) is 26.3 Å². The molecule has 0 radical (unpaired) electrons. The lowest BCUT2D eigenvalue weighted by Gasteiger charge is -2.19. The molecule has 1 atom stereocenters. The molecule has 0 unspecified atom stereocenters. The standard InChI is InChI=1S/C8H12N2O/c1-6(2)10-5-7(4-9)3-8(10)11/h6-7H,3,5H2,1-2H3/t7-/m1/s1. The van der Waals surface area contributed by atoms with Gasteiger partial charge in [-0.15, -0.1) is 0 Å². The van der Waals surface area contributed by atoms with Crippen LogP contribution < -0.4 is 0 Å². The fourth-order valence-corrected chi connectivity index (χ4v) is 1.32. The van der Waals surface area contributed by atoms with Gasteiger partial charge < -0.3 is 4.90 Å². The van der Waals surface area contributed by atoms with Crippen molar-refractivity contribution in [3.8, 4) is 6.07 Å². The number of carbonyl (C=O) groups is 1. The quantitative estimate of drug-likeness (QED) is 0.557. The Morgan fingerprint density at radius 2 is 2.36 bits per heavy atom. The van der Waals surface area contributed by atoms with Crippen LogP contribution in [0.5, 0.6) is 0 Å². The summed E-state index contributed by atoms with van der Waals surface area (Å²) < 4.78 is 0. The average molecular weight is 152 g/mol. The fourth-order valence-electron chi connectivity index (χ4n) is 1.32. The first-order valence-corrected chi connectivity index (χ1v) is 3.84. The van der Waals surface area contributed by atoms with Crippen molar-refractivity contribution >= 4 is 5.91 Å². The summed E-state index contributed by atoms with van der Waals surface area (Å²) in [5.41, 5.74) is 0. The number of likely N-dealkylation sites (tertiary alicyclic amines) is 1. The van der Waals surface area contributed by atoms with Gasteiger partial charge in [0.05, 0.1) is 12.0 Å². The maximum atomic E-state index is 11.2. The highest BCUT2D eigenvalue weighted by atomic mass is 16.2. The van der Waals surface area contributed by atoms with Crippen LogP contribution in [0.4, 0.5) is 0 Å². The SMILES string of the molecule is CC(C)N1C[C@@H](C#N)CC1=O. The number of rotatable bonds is 1. The van der Waals surface area contributed by atoms with Crippen LogP contribution in [-0.2, 0) is 4.79 Å². The van der Waals surface area contributed by atoms with E-state index in [1.165, 1.54) is 0 Å². The van der Waals surface area contributed by atoms with Crippen molar-refractivity contribution in [1.29, 1.82) is 5.26 Å². The number of hydrogen-bond acceptors (Lipinski definition) is 2. The number of carbonyl (C=O) groups excluding carboxylic acids is 1. The Balaban J connectivity index is 2.60. The van der Waals surface area contributed by atoms with Gasteiger partial charge in [-0.2, -0.15) is 5.26 Å². The van der Waals surface area contributed by atoms with Gasteiger partial charge in [-0.05, 0) is 13.8 Å². The minimum Gasteiger partial charge on any atom is -0.339 e. The smallest absolute Gasteiger partial charge is 0.224 e. The van der Waals surface area contributed by atoms with Gasteiger partial charge in [0.15, 0.2) is 0 Å². The summed E-state index contributed by atoms with van der Waals surface area (Å²) in [6.45, 7) is 4.56. The molecule has 0 spiro atoms. The predicted molar refractivity (Wildman–Crippen MR) is 40.6 cm³/mol. The van der Waals surface area contributed by atoms with Crippen molar-refractivity contribution in [3.63, 3.8) is 0 Å². The molecule has 1 saturated heterocycles. The molecule has 1 rings (SSSR count). The van der Waals surface area contributed by atoms with Gasteiger partial charge in [-0.3, -0.25) is 4.79 Å². The molecule has 3 heteroatoms. The number of hydrogen-bond donors (Lipinski definition) is 0. The molecule has 60 valence electrons. The average Bonchev–Trinajstić information content (AvgIpc) is 2.30. The summed E-state index contributed by atoms with van der Waals surface area (Å²) in [4.78, 5) is 12.9. The highest BCUT2D eigenvalue weighted by molar-refractivity contribution is 5.79. The van der Waals surface area contributed by atoms with E-state index in [1.54, 1.807) is 4.90 Å². The first-order chi connectivity index (χ1) is 5.15. The molecule has 0 aliphatic carbocycles. The number of nitrogens with zero attached hydrogens (tertiary/aromatic N) is 2. The number of nitriles is 1. The summed E-state index contributed by atoms with van der Waals surface area (Å²) in [6.07, 6.45) is 0.411. The van der Waals surface area contributed by atoms with E-state index in [0.29, 0.717) is 13.0 Å². The van der Waals surface area contributed by atoms with Crippen molar-refractivity contribution in [2.75, 3.05) is 6.54 Å². The normalized spacial score (nSPS) is 24.4. The van der Waals surface area contributed by atoms with Gasteiger partial charge >= 0.3 is 0 Å². The van der Waals surface area contributed by atoms with E-state index in [-0.39, 0.29) is 17.9 Å². The zero-order chi connectivity index (χ0) is 8.43. The molecule has 0 aromatic carbocycles. The van der Waals surface area contributed by atoms with Crippen molar-refractivity contribution in [3.05, 3.63) is 0 Å². The molecule has 1 aliphatic rings.